The minimum atomic E-state index is -2.68. The lowest BCUT2D eigenvalue weighted by Crippen LogP contribution is -2.63. The number of aromatic hydroxyl groups is 1. The lowest BCUT2D eigenvalue weighted by molar-refractivity contribution is -0.148. The molecule has 0 bridgehead atoms. The van der Waals surface area contributed by atoms with E-state index in [1.807, 2.05) is 0 Å². The maximum Gasteiger partial charge on any atom is 0.255 e. The molecule has 10 nitrogen and oxygen atoms in total. The highest BCUT2D eigenvalue weighted by molar-refractivity contribution is 6.31. The van der Waals surface area contributed by atoms with Gasteiger partial charge in [-0.15, -0.1) is 0 Å². The average Bonchev–Trinajstić information content (AvgIpc) is 2.77. The first kappa shape index (κ1) is 24.9. The second-order valence-electron chi connectivity index (χ2n) is 9.24. The highest BCUT2D eigenvalue weighted by atomic mass is 35.5. The maximum absolute atomic E-state index is 13.5. The van der Waals surface area contributed by atoms with Crippen molar-refractivity contribution in [3.8, 4) is 5.75 Å². The number of carbonyl (C=O) groups is 3. The smallest absolute Gasteiger partial charge is 0.255 e. The van der Waals surface area contributed by atoms with Crippen LogP contribution in [0.25, 0.3) is 6.08 Å². The zero-order chi connectivity index (χ0) is 26.0. The van der Waals surface area contributed by atoms with Crippen LogP contribution >= 0.6 is 11.6 Å². The van der Waals surface area contributed by atoms with Crippen molar-refractivity contribution in [2.24, 2.45) is 17.6 Å². The average molecular weight is 505 g/mol. The molecule has 0 aliphatic heterocycles. The summed E-state index contributed by atoms with van der Waals surface area (Å²) in [6.45, 7) is -0.434. The van der Waals surface area contributed by atoms with Gasteiger partial charge in [0.2, 0.25) is 5.78 Å². The summed E-state index contributed by atoms with van der Waals surface area (Å²) in [6, 6.07) is 1.74. The van der Waals surface area contributed by atoms with Gasteiger partial charge in [-0.1, -0.05) is 17.7 Å². The Kier molecular flexibility index (Phi) is 6.05. The van der Waals surface area contributed by atoms with Crippen LogP contribution in [0.4, 0.5) is 0 Å². The van der Waals surface area contributed by atoms with Gasteiger partial charge in [0.15, 0.2) is 11.4 Å². The first-order chi connectivity index (χ1) is 16.4. The number of halogens is 1. The number of likely N-dealkylation sites (N-methyl/N-ethyl adjacent to an activating group) is 1. The van der Waals surface area contributed by atoms with Crippen LogP contribution in [0.15, 0.2) is 39.8 Å². The summed E-state index contributed by atoms with van der Waals surface area (Å²) in [7, 11) is 3.12. The molecule has 4 rings (SSSR count). The number of fused-ring (bicyclic) bond motifs is 3. The molecule has 0 saturated heterocycles. The Morgan fingerprint density at radius 2 is 1.91 bits per heavy atom. The number of aliphatic hydroxyl groups excluding tert-OH is 3. The van der Waals surface area contributed by atoms with Crippen LogP contribution in [0.2, 0.25) is 0 Å². The van der Waals surface area contributed by atoms with Crippen LogP contribution in [-0.2, 0) is 16.0 Å². The van der Waals surface area contributed by atoms with Gasteiger partial charge in [-0.05, 0) is 56.1 Å². The summed E-state index contributed by atoms with van der Waals surface area (Å²) in [5, 5.41) is 53.4. The molecule has 0 aromatic heterocycles. The number of rotatable bonds is 4. The fourth-order valence-corrected chi connectivity index (χ4v) is 5.74. The summed E-state index contributed by atoms with van der Waals surface area (Å²) in [6.07, 6.45) is 1.57. The van der Waals surface area contributed by atoms with E-state index < -0.39 is 64.7 Å². The molecule has 0 heterocycles. The van der Waals surface area contributed by atoms with Gasteiger partial charge in [0.25, 0.3) is 5.91 Å². The molecular formula is C24H25ClN2O8. The molecule has 0 spiro atoms. The molecule has 1 aromatic rings. The number of allylic oxidation sites excluding steroid dienone is 1. The number of nitrogens with zero attached hydrogens (tertiary/aromatic N) is 1. The second kappa shape index (κ2) is 8.49. The molecular weight excluding hydrogens is 480 g/mol. The van der Waals surface area contributed by atoms with Crippen molar-refractivity contribution >= 4 is 35.2 Å². The number of phenolic OH excluding ortho intramolecular Hbond substituents is 1. The minimum absolute atomic E-state index is 0.0156. The fourth-order valence-electron chi connectivity index (χ4n) is 5.62. The van der Waals surface area contributed by atoms with Crippen LogP contribution in [0.5, 0.6) is 5.75 Å². The number of ketones is 2. The molecule has 3 aliphatic carbocycles. The van der Waals surface area contributed by atoms with Crippen molar-refractivity contribution in [3.05, 3.63) is 56.5 Å². The molecule has 0 saturated carbocycles. The minimum Gasteiger partial charge on any atom is -0.510 e. The normalized spacial score (nSPS) is 28.7. The third-order valence-electron chi connectivity index (χ3n) is 7.11. The summed E-state index contributed by atoms with van der Waals surface area (Å²) < 4.78 is 0. The lowest BCUT2D eigenvalue weighted by atomic mass is 9.58. The SMILES string of the molecule is CN(C)[C@@H]1C(O)=C(C(N)=O)C(=O)[C@@]2(O)C(O)=C3C(=O)c4c(O)ccc(/C=C(\Cl)CO)c4C[C@H]3C[C@@H]12. The van der Waals surface area contributed by atoms with Gasteiger partial charge in [0.05, 0.1) is 18.2 Å². The quantitative estimate of drug-likeness (QED) is 0.321. The van der Waals surface area contributed by atoms with E-state index in [0.717, 1.165) is 0 Å². The number of carbonyl (C=O) groups excluding carboxylic acids is 3. The molecule has 1 amide bonds. The molecule has 186 valence electrons. The second-order valence-corrected chi connectivity index (χ2v) is 9.73. The molecule has 11 heteroatoms. The summed E-state index contributed by atoms with van der Waals surface area (Å²) >= 11 is 5.98. The molecule has 7 N–H and O–H groups in total. The number of amides is 1. The van der Waals surface area contributed by atoms with E-state index in [1.165, 1.54) is 23.1 Å². The van der Waals surface area contributed by atoms with Gasteiger partial charge in [-0.2, -0.15) is 0 Å². The zero-order valence-electron chi connectivity index (χ0n) is 18.9. The van der Waals surface area contributed by atoms with Crippen LogP contribution in [0.1, 0.15) is 27.9 Å². The number of hydrogen-bond donors (Lipinski definition) is 6. The van der Waals surface area contributed by atoms with E-state index in [2.05, 4.69) is 0 Å². The fraction of sp³-hybridized carbons (Fsp3) is 0.375. The molecule has 1 aromatic carbocycles. The van der Waals surface area contributed by atoms with Gasteiger partial charge in [-0.3, -0.25) is 19.3 Å². The molecule has 4 atom stereocenters. The number of aliphatic hydroxyl groups is 4. The molecule has 3 aliphatic rings. The van der Waals surface area contributed by atoms with E-state index in [9.17, 15) is 39.9 Å². The molecule has 0 fully saturated rings. The predicted octanol–water partition coefficient (Wildman–Crippen LogP) is 0.693. The Morgan fingerprint density at radius 1 is 1.26 bits per heavy atom. The van der Waals surface area contributed by atoms with E-state index in [4.69, 9.17) is 17.3 Å². The van der Waals surface area contributed by atoms with E-state index in [-0.39, 0.29) is 34.8 Å². The highest BCUT2D eigenvalue weighted by Crippen LogP contribution is 2.52. The Labute approximate surface area is 205 Å². The van der Waals surface area contributed by atoms with Gasteiger partial charge < -0.3 is 31.3 Å². The van der Waals surface area contributed by atoms with Gasteiger partial charge in [0, 0.05) is 16.5 Å². The molecule has 0 radical (unpaired) electrons. The Morgan fingerprint density at radius 3 is 2.49 bits per heavy atom. The number of phenols is 1. The van der Waals surface area contributed by atoms with Crippen molar-refractivity contribution in [2.45, 2.75) is 24.5 Å². The van der Waals surface area contributed by atoms with Gasteiger partial charge >= 0.3 is 0 Å². The zero-order valence-corrected chi connectivity index (χ0v) is 19.7. The van der Waals surface area contributed by atoms with Gasteiger partial charge in [0.1, 0.15) is 22.8 Å². The van der Waals surface area contributed by atoms with Crippen molar-refractivity contribution in [1.29, 1.82) is 0 Å². The monoisotopic (exact) mass is 504 g/mol. The first-order valence-electron chi connectivity index (χ1n) is 10.8. The Hall–Kier alpha value is -3.18. The molecule has 0 unspecified atom stereocenters. The molecule has 35 heavy (non-hydrogen) atoms. The number of benzene rings is 1. The topological polar surface area (TPSA) is 182 Å². The Bertz CT molecular complexity index is 1260. The number of Topliss-reactive ketones (excluding diaryl/α,β-unsaturated/α-hetero) is 2. The summed E-state index contributed by atoms with van der Waals surface area (Å²) in [4.78, 5) is 40.2. The van der Waals surface area contributed by atoms with Crippen molar-refractivity contribution < 1.29 is 39.9 Å². The highest BCUT2D eigenvalue weighted by Gasteiger charge is 2.63. The standard InChI is InChI=1S/C24H25ClN2O8/c1-27(2)18-13-7-10-6-12-9(5-11(25)8-28)3-4-14(29)16(12)19(30)15(10)21(32)24(13,35)22(33)17(20(18)31)23(26)34/h3-5,10,13,18,28-29,31-32,35H,6-8H2,1-2H3,(H2,26,34)/b11-5-/t10-,13-,18-,24-/m0/s1. The van der Waals surface area contributed by atoms with Crippen LogP contribution in [0.3, 0.4) is 0 Å². The number of nitrogens with two attached hydrogens (primary N) is 1. The maximum atomic E-state index is 13.5. The summed E-state index contributed by atoms with van der Waals surface area (Å²) in [5.41, 5.74) is 2.31. The summed E-state index contributed by atoms with van der Waals surface area (Å²) in [5.74, 6) is -7.07. The van der Waals surface area contributed by atoms with E-state index >= 15 is 0 Å². The van der Waals surface area contributed by atoms with Crippen molar-refractivity contribution in [2.75, 3.05) is 20.7 Å². The predicted molar refractivity (Wildman–Crippen MR) is 125 cm³/mol. The van der Waals surface area contributed by atoms with Crippen LogP contribution < -0.4 is 5.73 Å². The van der Waals surface area contributed by atoms with Crippen LogP contribution in [0, 0.1) is 11.8 Å². The number of hydrogen-bond acceptors (Lipinski definition) is 9. The van der Waals surface area contributed by atoms with E-state index in [1.54, 1.807) is 14.1 Å². The van der Waals surface area contributed by atoms with Crippen molar-refractivity contribution in [3.63, 3.8) is 0 Å². The largest absolute Gasteiger partial charge is 0.510 e. The third-order valence-corrected chi connectivity index (χ3v) is 7.33. The van der Waals surface area contributed by atoms with Crippen molar-refractivity contribution in [1.82, 2.24) is 4.90 Å². The van der Waals surface area contributed by atoms with Gasteiger partial charge in [-0.25, -0.2) is 0 Å². The Balaban J connectivity index is 1.96. The number of primary amides is 1. The third kappa shape index (κ3) is 3.48. The van der Waals surface area contributed by atoms with Crippen LogP contribution in [-0.4, -0.2) is 80.3 Å². The first-order valence-corrected chi connectivity index (χ1v) is 11.2. The van der Waals surface area contributed by atoms with E-state index in [0.29, 0.717) is 11.1 Å². The lowest BCUT2D eigenvalue weighted by Gasteiger charge is -2.50.